The Hall–Kier alpha value is -2.91. The highest BCUT2D eigenvalue weighted by molar-refractivity contribution is 6.07. The molecule has 31 heavy (non-hydrogen) atoms. The standard InChI is InChI=1S/C22H30N6O3/c1-27-10-12-28(13-11-27)17-6-2-16(3-7-17)26-22(31)19-20(23-14-24-21(19)30)25-15-4-8-18(29)9-5-15/h2-3,6-7,14-15,18,29H,4-5,8-13H2,1H3,(H,26,31)(H2,23,24,25,30). The Morgan fingerprint density at radius 2 is 1.77 bits per heavy atom. The molecule has 4 rings (SSSR count). The molecule has 2 heterocycles. The van der Waals surface area contributed by atoms with Gasteiger partial charge in [0.2, 0.25) is 0 Å². The van der Waals surface area contributed by atoms with Gasteiger partial charge >= 0.3 is 0 Å². The molecule has 166 valence electrons. The number of H-pyrrole nitrogens is 1. The third kappa shape index (κ3) is 5.23. The van der Waals surface area contributed by atoms with Crippen molar-refractivity contribution in [3.63, 3.8) is 0 Å². The first kappa shape index (κ1) is 21.3. The number of amides is 1. The summed E-state index contributed by atoms with van der Waals surface area (Å²) in [6.07, 6.45) is 3.95. The predicted molar refractivity (Wildman–Crippen MR) is 121 cm³/mol. The number of carbonyl (C=O) groups excluding carboxylic acids is 1. The lowest BCUT2D eigenvalue weighted by molar-refractivity contribution is 0.102. The lowest BCUT2D eigenvalue weighted by Crippen LogP contribution is -2.44. The fraction of sp³-hybridized carbons (Fsp3) is 0.500. The van der Waals surface area contributed by atoms with Gasteiger partial charge in [-0.1, -0.05) is 0 Å². The molecular weight excluding hydrogens is 396 g/mol. The van der Waals surface area contributed by atoms with Gasteiger partial charge in [-0.25, -0.2) is 4.98 Å². The Labute approximate surface area is 181 Å². The first-order valence-corrected chi connectivity index (χ1v) is 10.9. The maximum absolute atomic E-state index is 12.9. The molecule has 4 N–H and O–H groups in total. The minimum absolute atomic E-state index is 0.0308. The highest BCUT2D eigenvalue weighted by Crippen LogP contribution is 2.23. The van der Waals surface area contributed by atoms with E-state index in [1.807, 2.05) is 24.3 Å². The molecule has 1 saturated heterocycles. The van der Waals surface area contributed by atoms with Gasteiger partial charge in [-0.2, -0.15) is 0 Å². The smallest absolute Gasteiger partial charge is 0.265 e. The zero-order valence-corrected chi connectivity index (χ0v) is 17.8. The highest BCUT2D eigenvalue weighted by Gasteiger charge is 2.24. The van der Waals surface area contributed by atoms with E-state index >= 15 is 0 Å². The van der Waals surface area contributed by atoms with E-state index in [9.17, 15) is 14.7 Å². The number of nitrogens with zero attached hydrogens (tertiary/aromatic N) is 3. The summed E-state index contributed by atoms with van der Waals surface area (Å²) in [6, 6.07) is 7.76. The van der Waals surface area contributed by atoms with Crippen LogP contribution in [0.1, 0.15) is 36.0 Å². The Morgan fingerprint density at radius 3 is 2.45 bits per heavy atom. The summed E-state index contributed by atoms with van der Waals surface area (Å²) < 4.78 is 0. The predicted octanol–water partition coefficient (Wildman–Crippen LogP) is 1.49. The van der Waals surface area contributed by atoms with E-state index in [1.165, 1.54) is 6.33 Å². The maximum Gasteiger partial charge on any atom is 0.265 e. The molecule has 0 bridgehead atoms. The number of hydrogen-bond acceptors (Lipinski definition) is 7. The number of likely N-dealkylation sites (N-methyl/N-ethyl adjacent to an activating group) is 1. The van der Waals surface area contributed by atoms with E-state index in [-0.39, 0.29) is 23.5 Å². The van der Waals surface area contributed by atoms with Crippen LogP contribution >= 0.6 is 0 Å². The SMILES string of the molecule is CN1CCN(c2ccc(NC(=O)c3c(NC4CCC(O)CC4)nc[nH]c3=O)cc2)CC1. The Kier molecular flexibility index (Phi) is 6.53. The largest absolute Gasteiger partial charge is 0.393 e. The fourth-order valence-electron chi connectivity index (χ4n) is 4.15. The van der Waals surface area contributed by atoms with E-state index in [1.54, 1.807) is 0 Å². The van der Waals surface area contributed by atoms with Crippen LogP contribution in [0.15, 0.2) is 35.4 Å². The van der Waals surface area contributed by atoms with Gasteiger partial charge in [-0.3, -0.25) is 9.59 Å². The lowest BCUT2D eigenvalue weighted by Gasteiger charge is -2.34. The van der Waals surface area contributed by atoms with Crippen molar-refractivity contribution in [3.8, 4) is 0 Å². The van der Waals surface area contributed by atoms with Crippen LogP contribution in [-0.4, -0.2) is 71.3 Å². The number of rotatable bonds is 5. The minimum atomic E-state index is -0.500. The van der Waals surface area contributed by atoms with Gasteiger partial charge in [-0.05, 0) is 57.0 Å². The summed E-state index contributed by atoms with van der Waals surface area (Å²) in [4.78, 5) is 36.6. The van der Waals surface area contributed by atoms with Gasteiger partial charge in [0.15, 0.2) is 0 Å². The van der Waals surface area contributed by atoms with Crippen molar-refractivity contribution in [3.05, 3.63) is 46.5 Å². The molecule has 2 fully saturated rings. The van der Waals surface area contributed by atoms with Crippen LogP contribution in [0.4, 0.5) is 17.2 Å². The van der Waals surface area contributed by atoms with Gasteiger partial charge in [-0.15, -0.1) is 0 Å². The molecule has 1 amide bonds. The molecule has 1 aromatic heterocycles. The first-order chi connectivity index (χ1) is 15.0. The molecule has 2 aliphatic rings. The van der Waals surface area contributed by atoms with Crippen LogP contribution in [0.25, 0.3) is 0 Å². The average molecular weight is 427 g/mol. The average Bonchev–Trinajstić information content (AvgIpc) is 2.76. The van der Waals surface area contributed by atoms with Crippen molar-refractivity contribution >= 4 is 23.1 Å². The van der Waals surface area contributed by atoms with E-state index < -0.39 is 11.5 Å². The third-order valence-electron chi connectivity index (χ3n) is 6.11. The Morgan fingerprint density at radius 1 is 1.10 bits per heavy atom. The van der Waals surface area contributed by atoms with E-state index in [0.717, 1.165) is 44.7 Å². The number of aliphatic hydroxyl groups is 1. The van der Waals surface area contributed by atoms with E-state index in [0.29, 0.717) is 18.5 Å². The zero-order valence-electron chi connectivity index (χ0n) is 17.8. The van der Waals surface area contributed by atoms with Crippen LogP contribution in [-0.2, 0) is 0 Å². The number of benzene rings is 1. The van der Waals surface area contributed by atoms with Gasteiger partial charge < -0.3 is 30.5 Å². The molecular formula is C22H30N6O3. The number of hydrogen-bond donors (Lipinski definition) is 4. The quantitative estimate of drug-likeness (QED) is 0.573. The molecule has 9 heteroatoms. The summed E-state index contributed by atoms with van der Waals surface area (Å²) in [5.41, 5.74) is 1.22. The number of aromatic amines is 1. The number of carbonyl (C=O) groups is 1. The van der Waals surface area contributed by atoms with Crippen molar-refractivity contribution in [1.82, 2.24) is 14.9 Å². The fourth-order valence-corrected chi connectivity index (χ4v) is 4.15. The number of nitrogens with one attached hydrogen (secondary N) is 3. The molecule has 0 unspecified atom stereocenters. The molecule has 1 aliphatic heterocycles. The lowest BCUT2D eigenvalue weighted by atomic mass is 9.93. The molecule has 9 nitrogen and oxygen atoms in total. The molecule has 0 spiro atoms. The minimum Gasteiger partial charge on any atom is -0.393 e. The topological polar surface area (TPSA) is 114 Å². The van der Waals surface area contributed by atoms with Crippen molar-refractivity contribution in [2.75, 3.05) is 48.8 Å². The second-order valence-electron chi connectivity index (χ2n) is 8.40. The van der Waals surface area contributed by atoms with Crippen molar-refractivity contribution in [2.24, 2.45) is 0 Å². The summed E-state index contributed by atoms with van der Waals surface area (Å²) >= 11 is 0. The van der Waals surface area contributed by atoms with Crippen LogP contribution in [0, 0.1) is 0 Å². The third-order valence-corrected chi connectivity index (χ3v) is 6.11. The first-order valence-electron chi connectivity index (χ1n) is 10.9. The summed E-state index contributed by atoms with van der Waals surface area (Å²) in [6.45, 7) is 4.00. The molecule has 0 atom stereocenters. The zero-order chi connectivity index (χ0) is 21.8. The number of aliphatic hydroxyl groups excluding tert-OH is 1. The Bertz CT molecular complexity index is 944. The van der Waals surface area contributed by atoms with Gasteiger partial charge in [0.1, 0.15) is 11.4 Å². The monoisotopic (exact) mass is 426 g/mol. The van der Waals surface area contributed by atoms with E-state index in [2.05, 4.69) is 37.4 Å². The normalized spacial score (nSPS) is 22.2. The highest BCUT2D eigenvalue weighted by atomic mass is 16.3. The van der Waals surface area contributed by atoms with Gasteiger partial charge in [0.25, 0.3) is 11.5 Å². The van der Waals surface area contributed by atoms with Gasteiger partial charge in [0.05, 0.1) is 12.4 Å². The summed E-state index contributed by atoms with van der Waals surface area (Å²) in [7, 11) is 2.12. The second kappa shape index (κ2) is 9.49. The summed E-state index contributed by atoms with van der Waals surface area (Å²) in [5.74, 6) is -0.225. The summed E-state index contributed by atoms with van der Waals surface area (Å²) in [5, 5.41) is 15.7. The maximum atomic E-state index is 12.9. The number of anilines is 3. The van der Waals surface area contributed by atoms with Crippen LogP contribution in [0.3, 0.4) is 0 Å². The van der Waals surface area contributed by atoms with Crippen LogP contribution in [0.5, 0.6) is 0 Å². The van der Waals surface area contributed by atoms with Crippen molar-refractivity contribution in [1.29, 1.82) is 0 Å². The molecule has 1 saturated carbocycles. The second-order valence-corrected chi connectivity index (χ2v) is 8.40. The van der Waals surface area contributed by atoms with Crippen molar-refractivity contribution < 1.29 is 9.90 Å². The van der Waals surface area contributed by atoms with Crippen LogP contribution in [0.2, 0.25) is 0 Å². The van der Waals surface area contributed by atoms with Gasteiger partial charge in [0, 0.05) is 43.6 Å². The molecule has 1 aromatic carbocycles. The number of piperazine rings is 1. The van der Waals surface area contributed by atoms with Crippen LogP contribution < -0.4 is 21.1 Å². The molecule has 0 radical (unpaired) electrons. The van der Waals surface area contributed by atoms with Crippen molar-refractivity contribution in [2.45, 2.75) is 37.8 Å². The number of aromatic nitrogens is 2. The van der Waals surface area contributed by atoms with E-state index in [4.69, 9.17) is 0 Å². The molecule has 2 aromatic rings. The molecule has 1 aliphatic carbocycles. The Balaban J connectivity index is 1.44.